The topological polar surface area (TPSA) is 113 Å². The number of nitrogens with one attached hydrogen (secondary N) is 1. The normalized spacial score (nSPS) is 13.0. The van der Waals surface area contributed by atoms with E-state index in [1.807, 2.05) is 0 Å². The predicted molar refractivity (Wildman–Crippen MR) is 78.0 cm³/mol. The van der Waals surface area contributed by atoms with Crippen LogP contribution in [0.15, 0.2) is 24.3 Å². The zero-order valence-electron chi connectivity index (χ0n) is 11.8. The first kappa shape index (κ1) is 17.8. The smallest absolute Gasteiger partial charge is 0.326 e. The summed E-state index contributed by atoms with van der Waals surface area (Å²) in [5.74, 6) is -2.67. The van der Waals surface area contributed by atoms with Crippen LogP contribution in [0.25, 0.3) is 0 Å². The van der Waals surface area contributed by atoms with E-state index in [1.54, 1.807) is 24.3 Å². The number of carboxylic acid groups (broad SMARTS) is 2. The van der Waals surface area contributed by atoms with Crippen molar-refractivity contribution in [2.24, 2.45) is 0 Å². The third-order valence-corrected chi connectivity index (χ3v) is 3.01. The Bertz CT molecular complexity index is 545. The van der Waals surface area contributed by atoms with Gasteiger partial charge in [0.25, 0.3) is 5.91 Å². The van der Waals surface area contributed by atoms with Crippen molar-refractivity contribution in [1.29, 1.82) is 0 Å². The van der Waals surface area contributed by atoms with Gasteiger partial charge >= 0.3 is 11.9 Å². The molecule has 1 aromatic rings. The quantitative estimate of drug-likeness (QED) is 0.666. The zero-order chi connectivity index (χ0) is 16.7. The standard InChI is InChI=1S/C14H16ClNO6/c1-8(22-10-4-2-9(15)3-5-10)13(19)16-11(14(20)21)6-7-12(17)18/h2-5,8,11H,6-7H2,1H3,(H,16,19)(H,17,18)(H,20,21)/t8?,11-/m0/s1. The molecule has 1 aromatic carbocycles. The highest BCUT2D eigenvalue weighted by atomic mass is 35.5. The lowest BCUT2D eigenvalue weighted by atomic mass is 10.1. The van der Waals surface area contributed by atoms with E-state index in [4.69, 9.17) is 26.6 Å². The van der Waals surface area contributed by atoms with E-state index >= 15 is 0 Å². The summed E-state index contributed by atoms with van der Waals surface area (Å²) in [4.78, 5) is 33.4. The predicted octanol–water partition coefficient (Wildman–Crippen LogP) is 1.54. The molecule has 0 bridgehead atoms. The molecule has 0 saturated carbocycles. The van der Waals surface area contributed by atoms with Crippen LogP contribution < -0.4 is 10.1 Å². The van der Waals surface area contributed by atoms with Crippen LogP contribution in [0.3, 0.4) is 0 Å². The van der Waals surface area contributed by atoms with Gasteiger partial charge in [-0.15, -0.1) is 0 Å². The van der Waals surface area contributed by atoms with Crippen molar-refractivity contribution in [3.05, 3.63) is 29.3 Å². The second-order valence-electron chi connectivity index (χ2n) is 4.55. The second kappa shape index (κ2) is 8.23. The van der Waals surface area contributed by atoms with Crippen LogP contribution in [0.4, 0.5) is 0 Å². The molecule has 0 aliphatic carbocycles. The molecule has 120 valence electrons. The van der Waals surface area contributed by atoms with E-state index in [0.717, 1.165) is 0 Å². The molecule has 0 aliphatic heterocycles. The van der Waals surface area contributed by atoms with Crippen molar-refractivity contribution in [3.8, 4) is 5.75 Å². The van der Waals surface area contributed by atoms with Crippen LogP contribution in [0.1, 0.15) is 19.8 Å². The third-order valence-electron chi connectivity index (χ3n) is 2.76. The monoisotopic (exact) mass is 329 g/mol. The molecule has 22 heavy (non-hydrogen) atoms. The summed E-state index contributed by atoms with van der Waals surface area (Å²) < 4.78 is 5.36. The first-order valence-corrected chi connectivity index (χ1v) is 6.84. The van der Waals surface area contributed by atoms with Crippen LogP contribution in [0.2, 0.25) is 5.02 Å². The molecule has 1 amide bonds. The Labute approximate surface area is 131 Å². The summed E-state index contributed by atoms with van der Waals surface area (Å²) in [6.07, 6.45) is -1.50. The van der Waals surface area contributed by atoms with Gasteiger partial charge in [-0.05, 0) is 37.6 Å². The molecular weight excluding hydrogens is 314 g/mol. The fraction of sp³-hybridized carbons (Fsp3) is 0.357. The van der Waals surface area contributed by atoms with Crippen molar-refractivity contribution in [3.63, 3.8) is 0 Å². The van der Waals surface area contributed by atoms with Gasteiger partial charge in [0.1, 0.15) is 11.8 Å². The summed E-state index contributed by atoms with van der Waals surface area (Å²) in [5, 5.41) is 20.3. The van der Waals surface area contributed by atoms with Gasteiger partial charge in [0.15, 0.2) is 6.10 Å². The molecule has 0 aromatic heterocycles. The number of halogens is 1. The molecule has 8 heteroatoms. The Morgan fingerprint density at radius 1 is 1.23 bits per heavy atom. The van der Waals surface area contributed by atoms with Crippen LogP contribution in [0.5, 0.6) is 5.75 Å². The fourth-order valence-electron chi connectivity index (χ4n) is 1.59. The van der Waals surface area contributed by atoms with E-state index in [1.165, 1.54) is 6.92 Å². The maximum absolute atomic E-state index is 11.9. The van der Waals surface area contributed by atoms with Crippen molar-refractivity contribution in [1.82, 2.24) is 5.32 Å². The minimum absolute atomic E-state index is 0.204. The number of hydrogen-bond donors (Lipinski definition) is 3. The number of benzene rings is 1. The van der Waals surface area contributed by atoms with Gasteiger partial charge in [0.2, 0.25) is 0 Å². The van der Waals surface area contributed by atoms with E-state index in [-0.39, 0.29) is 12.8 Å². The number of amides is 1. The number of aliphatic carboxylic acids is 2. The highest BCUT2D eigenvalue weighted by Crippen LogP contribution is 2.16. The van der Waals surface area contributed by atoms with Crippen LogP contribution in [0, 0.1) is 0 Å². The minimum atomic E-state index is -1.30. The van der Waals surface area contributed by atoms with Gasteiger partial charge in [-0.3, -0.25) is 9.59 Å². The molecule has 3 N–H and O–H groups in total. The maximum atomic E-state index is 11.9. The molecule has 0 radical (unpaired) electrons. The number of carbonyl (C=O) groups excluding carboxylic acids is 1. The lowest BCUT2D eigenvalue weighted by Crippen LogP contribution is -2.46. The molecule has 0 fully saturated rings. The molecule has 0 saturated heterocycles. The Morgan fingerprint density at radius 2 is 1.82 bits per heavy atom. The summed E-state index contributed by atoms with van der Waals surface area (Å²) in [5.41, 5.74) is 0. The molecule has 7 nitrogen and oxygen atoms in total. The van der Waals surface area contributed by atoms with Crippen molar-refractivity contribution >= 4 is 29.4 Å². The van der Waals surface area contributed by atoms with Gasteiger partial charge in [-0.2, -0.15) is 0 Å². The zero-order valence-corrected chi connectivity index (χ0v) is 12.5. The van der Waals surface area contributed by atoms with Crippen LogP contribution in [-0.2, 0) is 14.4 Å². The third kappa shape index (κ3) is 6.01. The highest BCUT2D eigenvalue weighted by Gasteiger charge is 2.24. The molecule has 2 atom stereocenters. The van der Waals surface area contributed by atoms with Crippen LogP contribution in [-0.4, -0.2) is 40.2 Å². The van der Waals surface area contributed by atoms with Crippen molar-refractivity contribution in [2.75, 3.05) is 0 Å². The van der Waals surface area contributed by atoms with Gasteiger partial charge in [-0.25, -0.2) is 4.79 Å². The number of hydrogen-bond acceptors (Lipinski definition) is 4. The SMILES string of the molecule is CC(Oc1ccc(Cl)cc1)C(=O)N[C@@H](CCC(=O)O)C(=O)O. The summed E-state index contributed by atoms with van der Waals surface area (Å²) >= 11 is 5.73. The van der Waals surface area contributed by atoms with Crippen molar-refractivity contribution in [2.45, 2.75) is 31.9 Å². The van der Waals surface area contributed by atoms with Crippen LogP contribution >= 0.6 is 11.6 Å². The second-order valence-corrected chi connectivity index (χ2v) is 4.98. The largest absolute Gasteiger partial charge is 0.481 e. The molecular formula is C14H16ClNO6. The minimum Gasteiger partial charge on any atom is -0.481 e. The first-order valence-electron chi connectivity index (χ1n) is 6.46. The highest BCUT2D eigenvalue weighted by molar-refractivity contribution is 6.30. The number of rotatable bonds is 8. The van der Waals surface area contributed by atoms with Gasteiger partial charge in [0, 0.05) is 11.4 Å². The molecule has 0 spiro atoms. The van der Waals surface area contributed by atoms with E-state index in [0.29, 0.717) is 10.8 Å². The average Bonchev–Trinajstić information content (AvgIpc) is 2.44. The fourth-order valence-corrected chi connectivity index (χ4v) is 1.71. The van der Waals surface area contributed by atoms with Gasteiger partial charge < -0.3 is 20.3 Å². The number of carbonyl (C=O) groups is 3. The lowest BCUT2D eigenvalue weighted by Gasteiger charge is -2.18. The lowest BCUT2D eigenvalue weighted by molar-refractivity contribution is -0.144. The Hall–Kier alpha value is -2.28. The molecule has 1 unspecified atom stereocenters. The van der Waals surface area contributed by atoms with E-state index < -0.39 is 30.0 Å². The summed E-state index contributed by atoms with van der Waals surface area (Å²) in [6.45, 7) is 1.46. The Kier molecular flexibility index (Phi) is 6.65. The van der Waals surface area contributed by atoms with Gasteiger partial charge in [0.05, 0.1) is 0 Å². The first-order chi connectivity index (χ1) is 10.3. The van der Waals surface area contributed by atoms with Crippen molar-refractivity contribution < 1.29 is 29.3 Å². The molecule has 0 aliphatic rings. The maximum Gasteiger partial charge on any atom is 0.326 e. The summed E-state index contributed by atoms with van der Waals surface area (Å²) in [7, 11) is 0. The average molecular weight is 330 g/mol. The van der Waals surface area contributed by atoms with E-state index in [2.05, 4.69) is 5.32 Å². The van der Waals surface area contributed by atoms with E-state index in [9.17, 15) is 14.4 Å². The molecule has 1 rings (SSSR count). The Morgan fingerprint density at radius 3 is 2.32 bits per heavy atom. The number of ether oxygens (including phenoxy) is 1. The Balaban J connectivity index is 2.58. The summed E-state index contributed by atoms with van der Waals surface area (Å²) in [6, 6.07) is 5.05. The number of carboxylic acids is 2. The van der Waals surface area contributed by atoms with Gasteiger partial charge in [-0.1, -0.05) is 11.6 Å². The molecule has 0 heterocycles.